The number of hydrogen-bond donors (Lipinski definition) is 0. The molecule has 0 aliphatic heterocycles. The lowest BCUT2D eigenvalue weighted by molar-refractivity contribution is 0.0960. The van der Waals surface area contributed by atoms with Gasteiger partial charge in [0, 0.05) is 12.2 Å². The molecule has 100 valence electrons. The second kappa shape index (κ2) is 6.43. The fraction of sp³-hybridized carbons (Fsp3) is 0.267. The number of carbonyl (C=O) groups excluding carboxylic acids is 1. The second-order valence-electron chi connectivity index (χ2n) is 4.25. The monoisotopic (exact) mass is 277 g/mol. The van der Waals surface area contributed by atoms with Gasteiger partial charge in [0.1, 0.15) is 0 Å². The number of para-hydroxylation sites is 1. The molecule has 1 aromatic heterocycles. The van der Waals surface area contributed by atoms with Crippen LogP contribution in [-0.4, -0.2) is 12.5 Å². The molecule has 0 spiro atoms. The Balaban J connectivity index is 2.25. The Kier molecular flexibility index (Phi) is 4.63. The SMILES string of the molecule is CCCCN(C(=O)c1ccc(Cl)o1)c1ccccc1. The largest absolute Gasteiger partial charge is 0.440 e. The molecule has 3 nitrogen and oxygen atoms in total. The molecular formula is C15H16ClNO2. The third-order valence-corrected chi connectivity index (χ3v) is 3.04. The van der Waals surface area contributed by atoms with Gasteiger partial charge in [-0.15, -0.1) is 0 Å². The Labute approximate surface area is 117 Å². The predicted octanol–water partition coefficient (Wildman–Crippen LogP) is 4.38. The molecule has 0 saturated carbocycles. The highest BCUT2D eigenvalue weighted by molar-refractivity contribution is 6.29. The van der Waals surface area contributed by atoms with E-state index < -0.39 is 0 Å². The quantitative estimate of drug-likeness (QED) is 0.812. The van der Waals surface area contributed by atoms with Crippen LogP contribution < -0.4 is 4.90 Å². The maximum atomic E-state index is 12.4. The molecule has 0 atom stereocenters. The van der Waals surface area contributed by atoms with Crippen molar-refractivity contribution in [3.63, 3.8) is 0 Å². The van der Waals surface area contributed by atoms with Crippen LogP contribution in [0.15, 0.2) is 46.9 Å². The molecule has 0 aliphatic carbocycles. The number of unbranched alkanes of at least 4 members (excludes halogenated alkanes) is 1. The minimum absolute atomic E-state index is 0.161. The van der Waals surface area contributed by atoms with Gasteiger partial charge in [0.05, 0.1) is 0 Å². The highest BCUT2D eigenvalue weighted by atomic mass is 35.5. The lowest BCUT2D eigenvalue weighted by Crippen LogP contribution is -2.31. The molecule has 0 bridgehead atoms. The van der Waals surface area contributed by atoms with E-state index >= 15 is 0 Å². The van der Waals surface area contributed by atoms with Crippen LogP contribution in [0, 0.1) is 0 Å². The first-order valence-corrected chi connectivity index (χ1v) is 6.72. The molecule has 0 unspecified atom stereocenters. The van der Waals surface area contributed by atoms with Gasteiger partial charge >= 0.3 is 0 Å². The van der Waals surface area contributed by atoms with E-state index in [1.807, 2.05) is 30.3 Å². The highest BCUT2D eigenvalue weighted by Crippen LogP contribution is 2.20. The zero-order valence-corrected chi connectivity index (χ0v) is 11.6. The summed E-state index contributed by atoms with van der Waals surface area (Å²) in [7, 11) is 0. The van der Waals surface area contributed by atoms with E-state index in [0.717, 1.165) is 18.5 Å². The van der Waals surface area contributed by atoms with Crippen LogP contribution in [0.5, 0.6) is 0 Å². The Bertz CT molecular complexity index is 536. The van der Waals surface area contributed by atoms with Crippen molar-refractivity contribution in [1.29, 1.82) is 0 Å². The molecule has 0 N–H and O–H groups in total. The molecule has 1 heterocycles. The van der Waals surface area contributed by atoms with Gasteiger partial charge < -0.3 is 9.32 Å². The number of amides is 1. The second-order valence-corrected chi connectivity index (χ2v) is 4.62. The van der Waals surface area contributed by atoms with Gasteiger partial charge in [-0.1, -0.05) is 31.5 Å². The van der Waals surface area contributed by atoms with Crippen molar-refractivity contribution < 1.29 is 9.21 Å². The smallest absolute Gasteiger partial charge is 0.294 e. The first-order valence-electron chi connectivity index (χ1n) is 6.34. The fourth-order valence-electron chi connectivity index (χ4n) is 1.83. The summed E-state index contributed by atoms with van der Waals surface area (Å²) >= 11 is 5.72. The van der Waals surface area contributed by atoms with Crippen molar-refractivity contribution in [2.24, 2.45) is 0 Å². The van der Waals surface area contributed by atoms with Gasteiger partial charge in [-0.2, -0.15) is 0 Å². The summed E-state index contributed by atoms with van der Waals surface area (Å²) in [6.07, 6.45) is 1.96. The van der Waals surface area contributed by atoms with Crippen LogP contribution in [0.2, 0.25) is 5.22 Å². The summed E-state index contributed by atoms with van der Waals surface area (Å²) in [5, 5.41) is 0.229. The normalized spacial score (nSPS) is 10.4. The van der Waals surface area contributed by atoms with Crippen LogP contribution in [0.3, 0.4) is 0 Å². The molecular weight excluding hydrogens is 262 g/mol. The van der Waals surface area contributed by atoms with Gasteiger partial charge in [-0.25, -0.2) is 0 Å². The Hall–Kier alpha value is -1.74. The van der Waals surface area contributed by atoms with Crippen LogP contribution in [0.1, 0.15) is 30.3 Å². The van der Waals surface area contributed by atoms with E-state index in [1.165, 1.54) is 0 Å². The predicted molar refractivity (Wildman–Crippen MR) is 76.7 cm³/mol. The Morgan fingerprint density at radius 1 is 1.21 bits per heavy atom. The third-order valence-electron chi connectivity index (χ3n) is 2.83. The van der Waals surface area contributed by atoms with E-state index in [1.54, 1.807) is 17.0 Å². The topological polar surface area (TPSA) is 33.5 Å². The minimum atomic E-state index is -0.161. The summed E-state index contributed by atoms with van der Waals surface area (Å²) in [6, 6.07) is 12.8. The van der Waals surface area contributed by atoms with Gasteiger partial charge in [0.25, 0.3) is 5.91 Å². The summed E-state index contributed by atoms with van der Waals surface area (Å²) in [5.74, 6) is 0.108. The minimum Gasteiger partial charge on any atom is -0.440 e. The third kappa shape index (κ3) is 3.38. The van der Waals surface area contributed by atoms with Crippen molar-refractivity contribution >= 4 is 23.2 Å². The van der Waals surface area contributed by atoms with Crippen molar-refractivity contribution in [1.82, 2.24) is 0 Å². The van der Waals surface area contributed by atoms with E-state index in [2.05, 4.69) is 6.92 Å². The first-order chi connectivity index (χ1) is 9.22. The Morgan fingerprint density at radius 2 is 1.95 bits per heavy atom. The number of carbonyl (C=O) groups is 1. The van der Waals surface area contributed by atoms with Crippen molar-refractivity contribution in [3.8, 4) is 0 Å². The van der Waals surface area contributed by atoms with E-state index in [9.17, 15) is 4.79 Å². The van der Waals surface area contributed by atoms with Crippen molar-refractivity contribution in [2.45, 2.75) is 19.8 Å². The number of rotatable bonds is 5. The van der Waals surface area contributed by atoms with Gasteiger partial charge in [-0.3, -0.25) is 4.79 Å². The van der Waals surface area contributed by atoms with Crippen LogP contribution >= 0.6 is 11.6 Å². The molecule has 0 fully saturated rings. The number of halogens is 1. The number of benzene rings is 1. The average molecular weight is 278 g/mol. The zero-order valence-electron chi connectivity index (χ0n) is 10.8. The molecule has 0 aliphatic rings. The van der Waals surface area contributed by atoms with E-state index in [-0.39, 0.29) is 16.9 Å². The average Bonchev–Trinajstić information content (AvgIpc) is 2.87. The van der Waals surface area contributed by atoms with E-state index in [0.29, 0.717) is 6.54 Å². The number of furan rings is 1. The zero-order chi connectivity index (χ0) is 13.7. The number of anilines is 1. The number of hydrogen-bond acceptors (Lipinski definition) is 2. The Morgan fingerprint density at radius 3 is 2.53 bits per heavy atom. The maximum Gasteiger partial charge on any atom is 0.294 e. The number of nitrogens with zero attached hydrogens (tertiary/aromatic N) is 1. The maximum absolute atomic E-state index is 12.4. The van der Waals surface area contributed by atoms with Crippen molar-refractivity contribution in [2.75, 3.05) is 11.4 Å². The molecule has 4 heteroatoms. The molecule has 2 rings (SSSR count). The molecule has 0 saturated heterocycles. The molecule has 2 aromatic rings. The lowest BCUT2D eigenvalue weighted by Gasteiger charge is -2.21. The molecule has 19 heavy (non-hydrogen) atoms. The molecule has 0 radical (unpaired) electrons. The fourth-order valence-corrected chi connectivity index (χ4v) is 1.98. The van der Waals surface area contributed by atoms with Crippen molar-refractivity contribution in [3.05, 3.63) is 53.4 Å². The van der Waals surface area contributed by atoms with Crippen LogP contribution in [-0.2, 0) is 0 Å². The highest BCUT2D eigenvalue weighted by Gasteiger charge is 2.20. The van der Waals surface area contributed by atoms with Crippen LogP contribution in [0.4, 0.5) is 5.69 Å². The summed E-state index contributed by atoms with van der Waals surface area (Å²) in [6.45, 7) is 2.76. The molecule has 1 aromatic carbocycles. The van der Waals surface area contributed by atoms with Crippen LogP contribution in [0.25, 0.3) is 0 Å². The molecule has 1 amide bonds. The summed E-state index contributed by atoms with van der Waals surface area (Å²) in [4.78, 5) is 14.2. The van der Waals surface area contributed by atoms with Gasteiger partial charge in [-0.05, 0) is 42.3 Å². The standard InChI is InChI=1S/C15H16ClNO2/c1-2-3-11-17(12-7-5-4-6-8-12)15(18)13-9-10-14(16)19-13/h4-10H,2-3,11H2,1H3. The van der Waals surface area contributed by atoms with Gasteiger partial charge in [0.2, 0.25) is 0 Å². The first kappa shape index (κ1) is 13.7. The lowest BCUT2D eigenvalue weighted by atomic mass is 10.2. The summed E-state index contributed by atoms with van der Waals surface area (Å²) < 4.78 is 5.20. The van der Waals surface area contributed by atoms with Gasteiger partial charge in [0.15, 0.2) is 11.0 Å². The summed E-state index contributed by atoms with van der Waals surface area (Å²) in [5.41, 5.74) is 0.869. The van der Waals surface area contributed by atoms with E-state index in [4.69, 9.17) is 16.0 Å².